The van der Waals surface area contributed by atoms with Gasteiger partial charge in [-0.3, -0.25) is 24.0 Å². The van der Waals surface area contributed by atoms with E-state index in [1.54, 1.807) is 26.0 Å². The molecule has 6 atom stereocenters. The number of carbonyl (C=O) groups excluding carboxylic acids is 5. The van der Waals surface area contributed by atoms with Crippen molar-refractivity contribution in [1.82, 2.24) is 26.6 Å². The minimum absolute atomic E-state index is 0.00140. The second kappa shape index (κ2) is 23.2. The van der Waals surface area contributed by atoms with E-state index in [1.165, 1.54) is 19.1 Å². The lowest BCUT2D eigenvalue weighted by molar-refractivity contribution is -0.142. The molecule has 0 saturated heterocycles. The molecule has 0 aliphatic rings. The average molecular weight is 721 g/mol. The van der Waals surface area contributed by atoms with Gasteiger partial charge < -0.3 is 54.0 Å². The number of hydrogen-bond acceptors (Lipinski definition) is 10. The third-order valence-corrected chi connectivity index (χ3v) is 8.15. The molecule has 0 aliphatic heterocycles. The standard InChI is InChI=1S/C35H60N8O8/c1-20(2)18-28(35(50)51)42-33(48)27(19-23-12-14-24(44)15-13-23)41-32(47)25(10-6-8-16-36)39-31(46)26(11-7-9-17-37)40-34(49)29(21(3)4)43-30(45)22(5)38/h12-15,20-22,25-29,44H,6-11,16-19,36-38H2,1-5H3,(H,39,46)(H,40,49)(H,41,47)(H,42,48)(H,43,45)(H,50,51)/t22-,25+,26+,27+,28+,29+/m1/s1. The number of benzene rings is 1. The first kappa shape index (κ1) is 44.7. The van der Waals surface area contributed by atoms with E-state index in [0.717, 1.165) is 0 Å². The fourth-order valence-electron chi connectivity index (χ4n) is 5.19. The minimum atomic E-state index is -1.25. The molecule has 16 nitrogen and oxygen atoms in total. The van der Waals surface area contributed by atoms with Gasteiger partial charge in [0.1, 0.15) is 36.0 Å². The number of rotatable bonds is 24. The number of amides is 5. The number of nitrogens with two attached hydrogens (primary N) is 3. The van der Waals surface area contributed by atoms with Gasteiger partial charge in [0, 0.05) is 6.42 Å². The van der Waals surface area contributed by atoms with E-state index in [2.05, 4.69) is 26.6 Å². The Morgan fingerprint density at radius 3 is 1.51 bits per heavy atom. The predicted octanol–water partition coefficient (Wildman–Crippen LogP) is -0.249. The van der Waals surface area contributed by atoms with Crippen LogP contribution in [0.3, 0.4) is 0 Å². The van der Waals surface area contributed by atoms with Crippen molar-refractivity contribution in [2.45, 2.75) is 122 Å². The van der Waals surface area contributed by atoms with Gasteiger partial charge in [-0.15, -0.1) is 0 Å². The lowest BCUT2D eigenvalue weighted by atomic mass is 10.00. The van der Waals surface area contributed by atoms with E-state index in [9.17, 15) is 39.0 Å². The molecular formula is C35H60N8O8. The van der Waals surface area contributed by atoms with Gasteiger partial charge >= 0.3 is 5.97 Å². The highest BCUT2D eigenvalue weighted by Gasteiger charge is 2.33. The van der Waals surface area contributed by atoms with Crippen molar-refractivity contribution in [2.75, 3.05) is 13.1 Å². The fourth-order valence-corrected chi connectivity index (χ4v) is 5.19. The molecular weight excluding hydrogens is 660 g/mol. The number of carboxylic acid groups (broad SMARTS) is 1. The van der Waals surface area contributed by atoms with Gasteiger partial charge in [0.15, 0.2) is 0 Å². The number of carboxylic acids is 1. The topological polar surface area (TPSA) is 281 Å². The van der Waals surface area contributed by atoms with Crippen molar-refractivity contribution in [3.8, 4) is 5.75 Å². The largest absolute Gasteiger partial charge is 0.508 e. The van der Waals surface area contributed by atoms with Crippen molar-refractivity contribution in [3.63, 3.8) is 0 Å². The summed E-state index contributed by atoms with van der Waals surface area (Å²) in [6.07, 6.45) is 2.48. The highest BCUT2D eigenvalue weighted by molar-refractivity contribution is 5.96. The molecule has 1 rings (SSSR count). The van der Waals surface area contributed by atoms with Crippen LogP contribution in [0.25, 0.3) is 0 Å². The molecule has 0 aromatic heterocycles. The van der Waals surface area contributed by atoms with Crippen LogP contribution in [0.4, 0.5) is 0 Å². The number of phenols is 1. The monoisotopic (exact) mass is 720 g/mol. The molecule has 0 spiro atoms. The first-order valence-corrected chi connectivity index (χ1v) is 17.7. The second-order valence-electron chi connectivity index (χ2n) is 13.7. The van der Waals surface area contributed by atoms with Crippen LogP contribution in [0.5, 0.6) is 5.75 Å². The van der Waals surface area contributed by atoms with Crippen molar-refractivity contribution < 1.29 is 39.0 Å². The molecule has 0 heterocycles. The van der Waals surface area contributed by atoms with E-state index >= 15 is 0 Å². The highest BCUT2D eigenvalue weighted by Crippen LogP contribution is 2.14. The van der Waals surface area contributed by atoms with Crippen LogP contribution < -0.4 is 43.8 Å². The van der Waals surface area contributed by atoms with E-state index in [1.807, 2.05) is 13.8 Å². The van der Waals surface area contributed by atoms with Gasteiger partial charge in [-0.05, 0) is 94.5 Å². The van der Waals surface area contributed by atoms with Gasteiger partial charge in [-0.1, -0.05) is 39.8 Å². The quantitative estimate of drug-likeness (QED) is 0.0622. The lowest BCUT2D eigenvalue weighted by Crippen LogP contribution is -2.60. The van der Waals surface area contributed by atoms with E-state index in [4.69, 9.17) is 17.2 Å². The molecule has 0 saturated carbocycles. The van der Waals surface area contributed by atoms with Gasteiger partial charge in [0.2, 0.25) is 29.5 Å². The molecule has 51 heavy (non-hydrogen) atoms. The van der Waals surface area contributed by atoms with Crippen LogP contribution in [0.2, 0.25) is 0 Å². The van der Waals surface area contributed by atoms with Crippen molar-refractivity contribution in [3.05, 3.63) is 29.8 Å². The molecule has 0 unspecified atom stereocenters. The number of hydrogen-bond donors (Lipinski definition) is 10. The summed E-state index contributed by atoms with van der Waals surface area (Å²) in [4.78, 5) is 78.8. The third-order valence-electron chi connectivity index (χ3n) is 8.15. The van der Waals surface area contributed by atoms with E-state index in [-0.39, 0.29) is 43.3 Å². The summed E-state index contributed by atoms with van der Waals surface area (Å²) < 4.78 is 0. The molecule has 16 heteroatoms. The predicted molar refractivity (Wildman–Crippen MR) is 193 cm³/mol. The normalized spacial score (nSPS) is 14.8. The first-order chi connectivity index (χ1) is 24.0. The van der Waals surface area contributed by atoms with Crippen molar-refractivity contribution >= 4 is 35.5 Å². The summed E-state index contributed by atoms with van der Waals surface area (Å²) >= 11 is 0. The maximum absolute atomic E-state index is 13.9. The lowest BCUT2D eigenvalue weighted by Gasteiger charge is -2.28. The Labute approximate surface area is 300 Å². The molecule has 0 bridgehead atoms. The number of unbranched alkanes of at least 4 members (excludes halogenated alkanes) is 2. The maximum atomic E-state index is 13.9. The summed E-state index contributed by atoms with van der Waals surface area (Å²) in [7, 11) is 0. The molecule has 5 amide bonds. The SMILES string of the molecule is CC(C)C[C@H](NC(=O)[C@H](Cc1ccc(O)cc1)NC(=O)[C@H](CCCCN)NC(=O)[C@H](CCCCN)NC(=O)[C@@H](NC(=O)[C@@H](C)N)C(C)C)C(=O)O. The number of aliphatic carboxylic acids is 1. The van der Waals surface area contributed by atoms with Crippen LogP contribution in [0.1, 0.15) is 85.1 Å². The molecule has 1 aromatic carbocycles. The Morgan fingerprint density at radius 2 is 1.08 bits per heavy atom. The smallest absolute Gasteiger partial charge is 0.326 e. The number of nitrogens with one attached hydrogen (secondary N) is 5. The Hall–Kier alpha value is -4.28. The Bertz CT molecular complexity index is 1270. The zero-order valence-corrected chi connectivity index (χ0v) is 30.6. The summed E-state index contributed by atoms with van der Waals surface area (Å²) in [5.74, 6) is -4.84. The number of phenolic OH excluding ortho intramolecular Hbond substituents is 1. The molecule has 288 valence electrons. The molecule has 1 aromatic rings. The number of carbonyl (C=O) groups is 6. The third kappa shape index (κ3) is 17.0. The Balaban J connectivity index is 3.37. The van der Waals surface area contributed by atoms with Crippen LogP contribution >= 0.6 is 0 Å². The fraction of sp³-hybridized carbons (Fsp3) is 0.657. The maximum Gasteiger partial charge on any atom is 0.326 e. The summed E-state index contributed by atoms with van der Waals surface area (Å²) in [5, 5.41) is 32.7. The number of aromatic hydroxyl groups is 1. The Morgan fingerprint density at radius 1 is 0.627 bits per heavy atom. The first-order valence-electron chi connectivity index (χ1n) is 17.7. The molecule has 0 radical (unpaired) electrons. The summed E-state index contributed by atoms with van der Waals surface area (Å²) in [5.41, 5.74) is 17.6. The van der Waals surface area contributed by atoms with E-state index < -0.39 is 71.8 Å². The van der Waals surface area contributed by atoms with Crippen LogP contribution in [-0.4, -0.2) is 95.1 Å². The second-order valence-corrected chi connectivity index (χ2v) is 13.7. The van der Waals surface area contributed by atoms with Gasteiger partial charge in [0.05, 0.1) is 6.04 Å². The van der Waals surface area contributed by atoms with Gasteiger partial charge in [0.25, 0.3) is 0 Å². The summed E-state index contributed by atoms with van der Waals surface area (Å²) in [6, 6.07) is -0.558. The van der Waals surface area contributed by atoms with E-state index in [0.29, 0.717) is 44.3 Å². The highest BCUT2D eigenvalue weighted by atomic mass is 16.4. The average Bonchev–Trinajstić information content (AvgIpc) is 3.05. The van der Waals surface area contributed by atoms with Gasteiger partial charge in [-0.25, -0.2) is 4.79 Å². The minimum Gasteiger partial charge on any atom is -0.508 e. The van der Waals surface area contributed by atoms with Crippen LogP contribution in [0.15, 0.2) is 24.3 Å². The van der Waals surface area contributed by atoms with Crippen LogP contribution in [-0.2, 0) is 35.2 Å². The van der Waals surface area contributed by atoms with Crippen molar-refractivity contribution in [2.24, 2.45) is 29.0 Å². The summed E-state index contributed by atoms with van der Waals surface area (Å²) in [6.45, 7) is 9.28. The molecule has 0 fully saturated rings. The Kier molecular flexibility index (Phi) is 20.4. The zero-order valence-electron chi connectivity index (χ0n) is 30.6. The zero-order chi connectivity index (χ0) is 38.7. The van der Waals surface area contributed by atoms with Crippen molar-refractivity contribution in [1.29, 1.82) is 0 Å². The van der Waals surface area contributed by atoms with Crippen LogP contribution in [0, 0.1) is 11.8 Å². The molecule has 13 N–H and O–H groups in total. The van der Waals surface area contributed by atoms with Gasteiger partial charge in [-0.2, -0.15) is 0 Å². The molecule has 0 aliphatic carbocycles.